The number of sulfonamides is 1. The second kappa shape index (κ2) is 5.57. The van der Waals surface area contributed by atoms with Crippen LogP contribution in [0.2, 0.25) is 0 Å². The van der Waals surface area contributed by atoms with E-state index in [4.69, 9.17) is 0 Å². The van der Waals surface area contributed by atoms with Gasteiger partial charge in [-0.2, -0.15) is 0 Å². The van der Waals surface area contributed by atoms with Gasteiger partial charge in [-0.1, -0.05) is 0 Å². The van der Waals surface area contributed by atoms with Gasteiger partial charge >= 0.3 is 0 Å². The number of piperidine rings is 1. The largest absolute Gasteiger partial charge is 0.343 e. The van der Waals surface area contributed by atoms with Crippen LogP contribution in [0.25, 0.3) is 0 Å². The Hall–Kier alpha value is -0.620. The Bertz CT molecular complexity index is 402. The van der Waals surface area contributed by atoms with E-state index in [1.54, 1.807) is 0 Å². The number of carbonyl (C=O) groups excluding carboxylic acids is 1. The normalized spacial score (nSPS) is 26.5. The van der Waals surface area contributed by atoms with Crippen LogP contribution in [0.3, 0.4) is 0 Å². The molecule has 0 radical (unpaired) electrons. The molecule has 0 aromatic rings. The molecule has 0 saturated carbocycles. The zero-order valence-electron chi connectivity index (χ0n) is 11.0. The zero-order valence-corrected chi connectivity index (χ0v) is 11.8. The highest BCUT2D eigenvalue weighted by Gasteiger charge is 2.31. The molecule has 0 aliphatic carbocycles. The van der Waals surface area contributed by atoms with Crippen LogP contribution in [0.5, 0.6) is 0 Å². The number of nitrogens with zero attached hydrogens (tertiary/aromatic N) is 2. The van der Waals surface area contributed by atoms with E-state index in [-0.39, 0.29) is 11.8 Å². The van der Waals surface area contributed by atoms with Crippen molar-refractivity contribution in [3.8, 4) is 0 Å². The molecule has 5 nitrogen and oxygen atoms in total. The van der Waals surface area contributed by atoms with Crippen molar-refractivity contribution < 1.29 is 13.2 Å². The molecule has 1 atom stereocenters. The first kappa shape index (κ1) is 13.8. The van der Waals surface area contributed by atoms with E-state index in [1.807, 2.05) is 4.90 Å². The van der Waals surface area contributed by atoms with E-state index >= 15 is 0 Å². The van der Waals surface area contributed by atoms with E-state index in [9.17, 15) is 13.2 Å². The van der Waals surface area contributed by atoms with Gasteiger partial charge in [-0.15, -0.1) is 0 Å². The van der Waals surface area contributed by atoms with Gasteiger partial charge in [0.1, 0.15) is 0 Å². The van der Waals surface area contributed by atoms with E-state index in [0.717, 1.165) is 32.4 Å². The van der Waals surface area contributed by atoms with Crippen LogP contribution in [-0.2, 0) is 14.8 Å². The average molecular weight is 274 g/mol. The summed E-state index contributed by atoms with van der Waals surface area (Å²) in [7, 11) is -3.09. The summed E-state index contributed by atoms with van der Waals surface area (Å²) in [4.78, 5) is 14.0. The highest BCUT2D eigenvalue weighted by molar-refractivity contribution is 7.88. The summed E-state index contributed by atoms with van der Waals surface area (Å²) in [6.07, 6.45) is 5.98. The summed E-state index contributed by atoms with van der Waals surface area (Å²) in [5, 5.41) is 0. The average Bonchev–Trinajstić information content (AvgIpc) is 2.78. The Kier molecular flexibility index (Phi) is 4.27. The number of hydrogen-bond donors (Lipinski definition) is 0. The molecular formula is C12H22N2O3S. The van der Waals surface area contributed by atoms with Crippen molar-refractivity contribution in [1.29, 1.82) is 0 Å². The minimum atomic E-state index is -3.09. The fourth-order valence-electron chi connectivity index (χ4n) is 2.78. The van der Waals surface area contributed by atoms with Gasteiger partial charge in [0.25, 0.3) is 0 Å². The van der Waals surface area contributed by atoms with Crippen molar-refractivity contribution in [3.05, 3.63) is 0 Å². The number of hydrogen-bond acceptors (Lipinski definition) is 3. The standard InChI is InChI=1S/C12H22N2O3S/c1-18(16,17)14-8-5-11(10-14)9-12(15)13-6-3-2-4-7-13/h11H,2-10H2,1H3. The summed E-state index contributed by atoms with van der Waals surface area (Å²) in [6, 6.07) is 0. The maximum atomic E-state index is 12.1. The quantitative estimate of drug-likeness (QED) is 0.760. The van der Waals surface area contributed by atoms with Crippen LogP contribution >= 0.6 is 0 Å². The van der Waals surface area contributed by atoms with Crippen molar-refractivity contribution in [3.63, 3.8) is 0 Å². The van der Waals surface area contributed by atoms with Gasteiger partial charge in [0.15, 0.2) is 0 Å². The third-order valence-electron chi connectivity index (χ3n) is 3.89. The van der Waals surface area contributed by atoms with Crippen molar-refractivity contribution in [2.75, 3.05) is 32.4 Å². The summed E-state index contributed by atoms with van der Waals surface area (Å²) < 4.78 is 24.3. The summed E-state index contributed by atoms with van der Waals surface area (Å²) in [5.74, 6) is 0.407. The van der Waals surface area contributed by atoms with E-state index in [2.05, 4.69) is 0 Å². The molecule has 1 amide bonds. The summed E-state index contributed by atoms with van der Waals surface area (Å²) >= 11 is 0. The Labute approximate surface area is 109 Å². The van der Waals surface area contributed by atoms with Crippen LogP contribution < -0.4 is 0 Å². The molecule has 2 fully saturated rings. The minimum absolute atomic E-state index is 0.203. The molecule has 2 rings (SSSR count). The van der Waals surface area contributed by atoms with E-state index in [1.165, 1.54) is 17.0 Å². The maximum absolute atomic E-state index is 12.1. The lowest BCUT2D eigenvalue weighted by molar-refractivity contribution is -0.133. The maximum Gasteiger partial charge on any atom is 0.222 e. The predicted octanol–water partition coefficient (Wildman–Crippen LogP) is 0.670. The molecule has 2 saturated heterocycles. The third kappa shape index (κ3) is 3.45. The van der Waals surface area contributed by atoms with E-state index in [0.29, 0.717) is 19.5 Å². The van der Waals surface area contributed by atoms with Crippen molar-refractivity contribution >= 4 is 15.9 Å². The van der Waals surface area contributed by atoms with Crippen molar-refractivity contribution in [1.82, 2.24) is 9.21 Å². The Morgan fingerprint density at radius 3 is 2.39 bits per heavy atom. The molecule has 104 valence electrons. The number of amides is 1. The summed E-state index contributed by atoms with van der Waals surface area (Å²) in [6.45, 7) is 2.83. The number of carbonyl (C=O) groups is 1. The molecule has 2 aliphatic rings. The van der Waals surface area contributed by atoms with Gasteiger partial charge in [-0.05, 0) is 31.6 Å². The molecule has 0 spiro atoms. The number of likely N-dealkylation sites (tertiary alicyclic amines) is 1. The molecule has 6 heteroatoms. The Morgan fingerprint density at radius 2 is 1.83 bits per heavy atom. The van der Waals surface area contributed by atoms with Gasteiger partial charge in [0.2, 0.25) is 15.9 Å². The third-order valence-corrected chi connectivity index (χ3v) is 5.16. The Balaban J connectivity index is 1.82. The zero-order chi connectivity index (χ0) is 13.2. The molecule has 0 aromatic heterocycles. The fourth-order valence-corrected chi connectivity index (χ4v) is 3.70. The van der Waals surface area contributed by atoms with Crippen LogP contribution in [0.15, 0.2) is 0 Å². The monoisotopic (exact) mass is 274 g/mol. The van der Waals surface area contributed by atoms with Crippen molar-refractivity contribution in [2.24, 2.45) is 5.92 Å². The minimum Gasteiger partial charge on any atom is -0.343 e. The SMILES string of the molecule is CS(=O)(=O)N1CCC(CC(=O)N2CCCCC2)C1. The molecule has 18 heavy (non-hydrogen) atoms. The smallest absolute Gasteiger partial charge is 0.222 e. The van der Waals surface area contributed by atoms with Gasteiger partial charge in [-0.3, -0.25) is 4.79 Å². The lowest BCUT2D eigenvalue weighted by Gasteiger charge is -2.27. The van der Waals surface area contributed by atoms with Gasteiger partial charge in [-0.25, -0.2) is 12.7 Å². The van der Waals surface area contributed by atoms with Gasteiger partial charge < -0.3 is 4.90 Å². The lowest BCUT2D eigenvalue weighted by Crippen LogP contribution is -2.37. The first-order chi connectivity index (χ1) is 8.47. The molecule has 2 aliphatic heterocycles. The first-order valence-corrected chi connectivity index (χ1v) is 8.54. The van der Waals surface area contributed by atoms with Crippen LogP contribution in [0.1, 0.15) is 32.1 Å². The molecule has 1 unspecified atom stereocenters. The molecule has 0 aromatic carbocycles. The predicted molar refractivity (Wildman–Crippen MR) is 69.6 cm³/mol. The topological polar surface area (TPSA) is 57.7 Å². The Morgan fingerprint density at radius 1 is 1.17 bits per heavy atom. The lowest BCUT2D eigenvalue weighted by atomic mass is 10.0. The first-order valence-electron chi connectivity index (χ1n) is 6.70. The van der Waals surface area contributed by atoms with Crippen LogP contribution in [0.4, 0.5) is 0 Å². The van der Waals surface area contributed by atoms with Gasteiger partial charge in [0.05, 0.1) is 6.26 Å². The van der Waals surface area contributed by atoms with Crippen molar-refractivity contribution in [2.45, 2.75) is 32.1 Å². The van der Waals surface area contributed by atoms with E-state index < -0.39 is 10.0 Å². The number of rotatable bonds is 3. The second-order valence-electron chi connectivity index (χ2n) is 5.42. The molecular weight excluding hydrogens is 252 g/mol. The molecule has 2 heterocycles. The van der Waals surface area contributed by atoms with Crippen LogP contribution in [-0.4, -0.2) is 56.0 Å². The van der Waals surface area contributed by atoms with Crippen LogP contribution in [0, 0.1) is 5.92 Å². The fraction of sp³-hybridized carbons (Fsp3) is 0.917. The summed E-state index contributed by atoms with van der Waals surface area (Å²) in [5.41, 5.74) is 0. The molecule has 0 bridgehead atoms. The second-order valence-corrected chi connectivity index (χ2v) is 7.40. The highest BCUT2D eigenvalue weighted by Crippen LogP contribution is 2.23. The van der Waals surface area contributed by atoms with Gasteiger partial charge in [0, 0.05) is 32.6 Å². The molecule has 0 N–H and O–H groups in total. The highest BCUT2D eigenvalue weighted by atomic mass is 32.2.